The molecule has 4 nitrogen and oxygen atoms in total. The van der Waals surface area contributed by atoms with Gasteiger partial charge in [-0.25, -0.2) is 4.98 Å². The van der Waals surface area contributed by atoms with E-state index >= 15 is 0 Å². The number of benzene rings is 1. The normalized spacial score (nSPS) is 14.6. The summed E-state index contributed by atoms with van der Waals surface area (Å²) in [5, 5.41) is 3.05. The Balaban J connectivity index is 1.59. The topological polar surface area (TPSA) is 42.4 Å². The fraction of sp³-hybridized carbons (Fsp3) is 0.333. The van der Waals surface area contributed by atoms with Crippen LogP contribution in [0.5, 0.6) is 5.75 Å². The number of amides is 1. The van der Waals surface area contributed by atoms with Crippen molar-refractivity contribution in [1.29, 1.82) is 0 Å². The number of hydrogen-bond donors (Lipinski definition) is 0. The summed E-state index contributed by atoms with van der Waals surface area (Å²) < 4.78 is 5.77. The van der Waals surface area contributed by atoms with Crippen molar-refractivity contribution >= 4 is 23.3 Å². The number of nitrogens with zero attached hydrogens (tertiary/aromatic N) is 2. The second-order valence-corrected chi connectivity index (χ2v) is 6.65. The van der Waals surface area contributed by atoms with Gasteiger partial charge in [-0.3, -0.25) is 4.79 Å². The highest BCUT2D eigenvalue weighted by Crippen LogP contribution is 2.17. The maximum absolute atomic E-state index is 12.0. The van der Waals surface area contributed by atoms with Gasteiger partial charge in [-0.1, -0.05) is 12.1 Å². The summed E-state index contributed by atoms with van der Waals surface area (Å²) in [6, 6.07) is 7.75. The van der Waals surface area contributed by atoms with E-state index in [2.05, 4.69) is 4.98 Å². The van der Waals surface area contributed by atoms with E-state index in [0.717, 1.165) is 47.9 Å². The third-order valence-corrected chi connectivity index (χ3v) is 4.57. The lowest BCUT2D eigenvalue weighted by Crippen LogP contribution is -2.25. The van der Waals surface area contributed by atoms with E-state index in [1.54, 1.807) is 17.4 Å². The number of carbonyl (C=O) groups is 1. The number of thiazole rings is 1. The fourth-order valence-corrected chi connectivity index (χ4v) is 3.15. The highest BCUT2D eigenvalue weighted by Gasteiger charge is 2.14. The summed E-state index contributed by atoms with van der Waals surface area (Å²) in [4.78, 5) is 18.3. The number of hydrogen-bond acceptors (Lipinski definition) is 4. The van der Waals surface area contributed by atoms with Crippen molar-refractivity contribution in [2.75, 3.05) is 13.1 Å². The van der Waals surface area contributed by atoms with Gasteiger partial charge >= 0.3 is 0 Å². The maximum Gasteiger partial charge on any atom is 0.246 e. The molecule has 3 rings (SSSR count). The number of rotatable bonds is 5. The van der Waals surface area contributed by atoms with Crippen molar-refractivity contribution in [3.8, 4) is 5.75 Å². The first kappa shape index (κ1) is 15.7. The van der Waals surface area contributed by atoms with Crippen molar-refractivity contribution in [1.82, 2.24) is 9.88 Å². The van der Waals surface area contributed by atoms with E-state index in [9.17, 15) is 4.79 Å². The molecule has 0 atom stereocenters. The van der Waals surface area contributed by atoms with Crippen LogP contribution in [0.1, 0.15) is 29.1 Å². The van der Waals surface area contributed by atoms with Crippen LogP contribution >= 0.6 is 11.3 Å². The SMILES string of the molecule is Cc1nc(COc2cccc(/C=C/C(=O)N3CCCC3)c2)cs1. The molecule has 5 heteroatoms. The standard InChI is InChI=1S/C18H20N2O2S/c1-14-19-16(13-23-14)12-22-17-6-4-5-15(11-17)7-8-18(21)20-9-2-3-10-20/h4-8,11,13H,2-3,9-10,12H2,1H3/b8-7+. The van der Waals surface area contributed by atoms with Crippen LogP contribution in [0, 0.1) is 6.92 Å². The predicted octanol–water partition coefficient (Wildman–Crippen LogP) is 3.67. The lowest BCUT2D eigenvalue weighted by molar-refractivity contribution is -0.124. The Morgan fingerprint density at radius 1 is 1.39 bits per heavy atom. The van der Waals surface area contributed by atoms with Crippen LogP contribution in [0.2, 0.25) is 0 Å². The molecule has 0 spiro atoms. The summed E-state index contributed by atoms with van der Waals surface area (Å²) in [7, 11) is 0. The van der Waals surface area contributed by atoms with Crippen molar-refractivity contribution in [2.45, 2.75) is 26.4 Å². The molecule has 0 N–H and O–H groups in total. The third kappa shape index (κ3) is 4.42. The van der Waals surface area contributed by atoms with Gasteiger partial charge in [0, 0.05) is 24.5 Å². The molecule has 23 heavy (non-hydrogen) atoms. The minimum atomic E-state index is 0.0896. The summed E-state index contributed by atoms with van der Waals surface area (Å²) in [5.41, 5.74) is 1.90. The first-order valence-electron chi connectivity index (χ1n) is 7.81. The molecule has 0 unspecified atom stereocenters. The average molecular weight is 328 g/mol. The largest absolute Gasteiger partial charge is 0.487 e. The lowest BCUT2D eigenvalue weighted by Gasteiger charge is -2.11. The van der Waals surface area contributed by atoms with Gasteiger partial charge in [0.05, 0.1) is 10.7 Å². The highest BCUT2D eigenvalue weighted by molar-refractivity contribution is 7.09. The van der Waals surface area contributed by atoms with E-state index in [1.807, 2.05) is 47.5 Å². The van der Waals surface area contributed by atoms with Crippen LogP contribution in [0.25, 0.3) is 6.08 Å². The molecule has 1 aromatic carbocycles. The fourth-order valence-electron chi connectivity index (χ4n) is 2.55. The maximum atomic E-state index is 12.0. The smallest absolute Gasteiger partial charge is 0.246 e. The Labute approximate surface area is 140 Å². The van der Waals surface area contributed by atoms with E-state index in [-0.39, 0.29) is 5.91 Å². The van der Waals surface area contributed by atoms with Gasteiger partial charge in [-0.2, -0.15) is 0 Å². The van der Waals surface area contributed by atoms with Crippen LogP contribution in [-0.4, -0.2) is 28.9 Å². The van der Waals surface area contributed by atoms with Gasteiger partial charge in [0.25, 0.3) is 0 Å². The Bertz CT molecular complexity index is 703. The molecule has 0 aliphatic carbocycles. The molecular formula is C18H20N2O2S. The minimum Gasteiger partial charge on any atom is -0.487 e. The Kier molecular flexibility index (Phi) is 5.08. The van der Waals surface area contributed by atoms with Crippen LogP contribution in [0.15, 0.2) is 35.7 Å². The molecule has 0 saturated carbocycles. The minimum absolute atomic E-state index is 0.0896. The van der Waals surface area contributed by atoms with Crippen LogP contribution in [0.3, 0.4) is 0 Å². The van der Waals surface area contributed by atoms with Crippen LogP contribution < -0.4 is 4.74 Å². The van der Waals surface area contributed by atoms with Crippen molar-refractivity contribution in [3.05, 3.63) is 52.0 Å². The van der Waals surface area contributed by atoms with Crippen LogP contribution in [-0.2, 0) is 11.4 Å². The summed E-state index contributed by atoms with van der Waals surface area (Å²) in [6.45, 7) is 4.19. The highest BCUT2D eigenvalue weighted by atomic mass is 32.1. The monoisotopic (exact) mass is 328 g/mol. The third-order valence-electron chi connectivity index (χ3n) is 3.75. The first-order valence-corrected chi connectivity index (χ1v) is 8.69. The van der Waals surface area contributed by atoms with Gasteiger partial charge < -0.3 is 9.64 Å². The Morgan fingerprint density at radius 3 is 2.96 bits per heavy atom. The molecule has 1 aromatic heterocycles. The van der Waals surface area contributed by atoms with Gasteiger partial charge in [-0.05, 0) is 43.5 Å². The summed E-state index contributed by atoms with van der Waals surface area (Å²) >= 11 is 1.62. The molecule has 1 amide bonds. The van der Waals surface area contributed by atoms with Crippen LogP contribution in [0.4, 0.5) is 0 Å². The molecule has 1 aliphatic rings. The van der Waals surface area contributed by atoms with Gasteiger partial charge in [0.15, 0.2) is 0 Å². The number of aryl methyl sites for hydroxylation is 1. The quantitative estimate of drug-likeness (QED) is 0.787. The zero-order valence-corrected chi connectivity index (χ0v) is 14.0. The van der Waals surface area contributed by atoms with E-state index in [4.69, 9.17) is 4.74 Å². The van der Waals surface area contributed by atoms with Gasteiger partial charge in [-0.15, -0.1) is 11.3 Å². The van der Waals surface area contributed by atoms with Gasteiger partial charge in [0.1, 0.15) is 12.4 Å². The molecule has 1 fully saturated rings. The first-order chi connectivity index (χ1) is 11.2. The summed E-state index contributed by atoms with van der Waals surface area (Å²) in [5.74, 6) is 0.873. The summed E-state index contributed by atoms with van der Waals surface area (Å²) in [6.07, 6.45) is 5.72. The van der Waals surface area contributed by atoms with Gasteiger partial charge in [0.2, 0.25) is 5.91 Å². The predicted molar refractivity (Wildman–Crippen MR) is 92.5 cm³/mol. The van der Waals surface area contributed by atoms with E-state index in [1.165, 1.54) is 0 Å². The molecule has 1 saturated heterocycles. The second-order valence-electron chi connectivity index (χ2n) is 5.58. The number of carbonyl (C=O) groups excluding carboxylic acids is 1. The number of likely N-dealkylation sites (tertiary alicyclic amines) is 1. The molecule has 120 valence electrons. The zero-order chi connectivity index (χ0) is 16.1. The number of ether oxygens (including phenoxy) is 1. The molecule has 0 bridgehead atoms. The Morgan fingerprint density at radius 2 is 2.22 bits per heavy atom. The average Bonchev–Trinajstić information content (AvgIpc) is 3.23. The molecule has 2 heterocycles. The van der Waals surface area contributed by atoms with E-state index in [0.29, 0.717) is 6.61 Å². The van der Waals surface area contributed by atoms with Crippen molar-refractivity contribution < 1.29 is 9.53 Å². The molecule has 0 radical (unpaired) electrons. The zero-order valence-electron chi connectivity index (χ0n) is 13.2. The Hall–Kier alpha value is -2.14. The van der Waals surface area contributed by atoms with Crippen molar-refractivity contribution in [2.24, 2.45) is 0 Å². The van der Waals surface area contributed by atoms with E-state index < -0.39 is 0 Å². The molecular weight excluding hydrogens is 308 g/mol. The molecule has 2 aromatic rings. The number of aromatic nitrogens is 1. The van der Waals surface area contributed by atoms with Crippen molar-refractivity contribution in [3.63, 3.8) is 0 Å². The second kappa shape index (κ2) is 7.42. The molecule has 1 aliphatic heterocycles. The lowest BCUT2D eigenvalue weighted by atomic mass is 10.2.